The third-order valence-electron chi connectivity index (χ3n) is 9.85. The van der Waals surface area contributed by atoms with Crippen molar-refractivity contribution < 1.29 is 23.9 Å². The highest BCUT2D eigenvalue weighted by Crippen LogP contribution is 2.78. The first-order chi connectivity index (χ1) is 14.0. The maximum atomic E-state index is 14.2. The topological polar surface area (TPSA) is 77.5 Å². The van der Waals surface area contributed by atoms with Crippen molar-refractivity contribution in [1.29, 1.82) is 0 Å². The molecule has 10 atom stereocenters. The average Bonchev–Trinajstić information content (AvgIpc) is 3.52. The second kappa shape index (κ2) is 5.83. The van der Waals surface area contributed by atoms with Crippen molar-refractivity contribution in [1.82, 2.24) is 0 Å². The molecule has 5 bridgehead atoms. The molecule has 1 heterocycles. The number of ether oxygens (including phenoxy) is 2. The third-order valence-corrected chi connectivity index (χ3v) is 9.85. The molecule has 0 aromatic heterocycles. The first kappa shape index (κ1) is 18.3. The Kier molecular flexibility index (Phi) is 3.69. The van der Waals surface area contributed by atoms with Crippen molar-refractivity contribution in [2.45, 2.75) is 64.6 Å². The Labute approximate surface area is 171 Å². The van der Waals surface area contributed by atoms with Gasteiger partial charge in [-0.05, 0) is 55.8 Å². The average molecular weight is 402 g/mol. The number of oxime groups is 1. The van der Waals surface area contributed by atoms with Crippen LogP contribution in [-0.2, 0) is 23.9 Å². The van der Waals surface area contributed by atoms with E-state index in [1.54, 1.807) is 7.11 Å². The molecule has 0 aromatic carbocycles. The summed E-state index contributed by atoms with van der Waals surface area (Å²) in [6.07, 6.45) is 5.95. The van der Waals surface area contributed by atoms with E-state index in [-0.39, 0.29) is 41.2 Å². The van der Waals surface area contributed by atoms with Gasteiger partial charge in [0.25, 0.3) is 0 Å². The lowest BCUT2D eigenvalue weighted by Crippen LogP contribution is -2.67. The molecule has 6 nitrogen and oxygen atoms in total. The second-order valence-corrected chi connectivity index (χ2v) is 10.5. The van der Waals surface area contributed by atoms with Crippen LogP contribution in [0, 0.1) is 46.3 Å². The normalized spacial score (nSPS) is 55.6. The van der Waals surface area contributed by atoms with E-state index >= 15 is 0 Å². The van der Waals surface area contributed by atoms with Crippen molar-refractivity contribution in [2.75, 3.05) is 13.7 Å². The summed E-state index contributed by atoms with van der Waals surface area (Å²) in [4.78, 5) is 31.7. The van der Waals surface area contributed by atoms with Crippen molar-refractivity contribution in [3.63, 3.8) is 0 Å². The highest BCUT2D eigenvalue weighted by molar-refractivity contribution is 6.06. The molecular weight excluding hydrogens is 370 g/mol. The Bertz CT molecular complexity index is 805. The van der Waals surface area contributed by atoms with Crippen molar-refractivity contribution in [3.8, 4) is 0 Å². The van der Waals surface area contributed by atoms with Gasteiger partial charge in [0.05, 0.1) is 23.8 Å². The van der Waals surface area contributed by atoms with Crippen LogP contribution in [0.15, 0.2) is 5.16 Å². The van der Waals surface area contributed by atoms with Crippen LogP contribution in [0.2, 0.25) is 0 Å². The summed E-state index contributed by atoms with van der Waals surface area (Å²) >= 11 is 0. The van der Waals surface area contributed by atoms with Crippen molar-refractivity contribution in [3.05, 3.63) is 0 Å². The Morgan fingerprint density at radius 2 is 2.07 bits per heavy atom. The van der Waals surface area contributed by atoms with Gasteiger partial charge in [0.15, 0.2) is 0 Å². The van der Waals surface area contributed by atoms with Gasteiger partial charge in [0.1, 0.15) is 19.0 Å². The number of esters is 1. The van der Waals surface area contributed by atoms with Gasteiger partial charge in [0.2, 0.25) is 0 Å². The minimum Gasteiger partial charge on any atom is -0.462 e. The van der Waals surface area contributed by atoms with E-state index in [2.05, 4.69) is 12.1 Å². The lowest BCUT2D eigenvalue weighted by molar-refractivity contribution is -0.182. The monoisotopic (exact) mass is 401 g/mol. The van der Waals surface area contributed by atoms with E-state index in [4.69, 9.17) is 14.3 Å². The Balaban J connectivity index is 1.56. The zero-order chi connectivity index (χ0) is 20.1. The quantitative estimate of drug-likeness (QED) is 0.413. The van der Waals surface area contributed by atoms with Gasteiger partial charge in [-0.1, -0.05) is 18.5 Å². The van der Waals surface area contributed by atoms with Crippen LogP contribution in [0.25, 0.3) is 0 Å². The number of hydrogen-bond acceptors (Lipinski definition) is 6. The zero-order valence-electron chi connectivity index (χ0n) is 17.6. The molecule has 0 N–H and O–H groups in total. The Hall–Kier alpha value is -1.43. The lowest BCUT2D eigenvalue weighted by atomic mass is 9.40. The van der Waals surface area contributed by atoms with Crippen molar-refractivity contribution in [2.24, 2.45) is 51.5 Å². The molecule has 7 fully saturated rings. The van der Waals surface area contributed by atoms with Gasteiger partial charge in [-0.15, -0.1) is 0 Å². The summed E-state index contributed by atoms with van der Waals surface area (Å²) in [6, 6.07) is 0. The lowest BCUT2D eigenvalue weighted by Gasteiger charge is -2.63. The van der Waals surface area contributed by atoms with Gasteiger partial charge in [0, 0.05) is 24.2 Å². The van der Waals surface area contributed by atoms with E-state index in [9.17, 15) is 9.59 Å². The Morgan fingerprint density at radius 1 is 1.28 bits per heavy atom. The van der Waals surface area contributed by atoms with Crippen LogP contribution < -0.4 is 0 Å². The molecule has 158 valence electrons. The van der Waals surface area contributed by atoms with E-state index in [0.717, 1.165) is 50.8 Å². The standard InChI is InChI=1S/C23H31NO5/c1-11-13-7-16-21(26)22-6-4-5-14(17-10-28-17)15(22)9-19(29-12(2)25)23(16,18(22)8-13)20(11)24-27-3/h11,13-19H,4-10H2,1-3H3/b24-20+. The maximum Gasteiger partial charge on any atom is 0.302 e. The molecule has 0 aromatic rings. The molecule has 0 radical (unpaired) electrons. The largest absolute Gasteiger partial charge is 0.462 e. The summed E-state index contributed by atoms with van der Waals surface area (Å²) in [7, 11) is 1.59. The van der Waals surface area contributed by atoms with E-state index in [1.165, 1.54) is 6.92 Å². The zero-order valence-corrected chi connectivity index (χ0v) is 17.6. The van der Waals surface area contributed by atoms with Crippen molar-refractivity contribution >= 4 is 17.5 Å². The molecule has 6 heteroatoms. The molecule has 6 aliphatic carbocycles. The van der Waals surface area contributed by atoms with Gasteiger partial charge in [-0.25, -0.2) is 0 Å². The highest BCUT2D eigenvalue weighted by atomic mass is 16.6. The molecule has 29 heavy (non-hydrogen) atoms. The molecule has 1 saturated heterocycles. The molecule has 10 unspecified atom stereocenters. The molecular formula is C23H31NO5. The summed E-state index contributed by atoms with van der Waals surface area (Å²) in [5.41, 5.74) is 0.257. The molecule has 6 saturated carbocycles. The maximum absolute atomic E-state index is 14.2. The summed E-state index contributed by atoms with van der Waals surface area (Å²) in [5.74, 6) is 1.76. The van der Waals surface area contributed by atoms with E-state index in [1.807, 2.05) is 0 Å². The molecule has 7 rings (SSSR count). The number of nitrogens with zero attached hydrogens (tertiary/aromatic N) is 1. The number of epoxide rings is 1. The Morgan fingerprint density at radius 3 is 2.76 bits per heavy atom. The molecule has 7 aliphatic rings. The van der Waals surface area contributed by atoms with Gasteiger partial charge < -0.3 is 14.3 Å². The van der Waals surface area contributed by atoms with Gasteiger partial charge in [-0.3, -0.25) is 9.59 Å². The molecule has 0 amide bonds. The number of hydrogen-bond donors (Lipinski definition) is 0. The molecule has 1 aliphatic heterocycles. The van der Waals surface area contributed by atoms with Crippen LogP contribution in [-0.4, -0.2) is 43.4 Å². The highest BCUT2D eigenvalue weighted by Gasteiger charge is 2.82. The number of fused-ring (bicyclic) bond motifs is 1. The fourth-order valence-corrected chi connectivity index (χ4v) is 9.09. The third kappa shape index (κ3) is 2.00. The van der Waals surface area contributed by atoms with Crippen LogP contribution in [0.3, 0.4) is 0 Å². The predicted octanol–water partition coefficient (Wildman–Crippen LogP) is 2.99. The summed E-state index contributed by atoms with van der Waals surface area (Å²) < 4.78 is 11.8. The van der Waals surface area contributed by atoms with Crippen LogP contribution in [0.5, 0.6) is 0 Å². The fraction of sp³-hybridized carbons (Fsp3) is 0.870. The fourth-order valence-electron chi connectivity index (χ4n) is 9.09. The molecule has 2 spiro atoms. The number of carbonyl (C=O) groups excluding carboxylic acids is 2. The number of rotatable bonds is 3. The first-order valence-electron chi connectivity index (χ1n) is 11.4. The first-order valence-corrected chi connectivity index (χ1v) is 11.4. The van der Waals surface area contributed by atoms with Crippen LogP contribution >= 0.6 is 0 Å². The summed E-state index contributed by atoms with van der Waals surface area (Å²) in [5, 5.41) is 4.54. The number of ketones is 1. The number of carbonyl (C=O) groups is 2. The SMILES string of the molecule is CO/N=C1\C(C)C2CC3C(=O)C45CCCC(C6CO6)C4CC(OC(C)=O)C13C5C2. The van der Waals surface area contributed by atoms with Crippen LogP contribution in [0.1, 0.15) is 52.4 Å². The van der Waals surface area contributed by atoms with Crippen LogP contribution in [0.4, 0.5) is 0 Å². The number of Topliss-reactive ketones (excluding diaryl/α,β-unsaturated/α-hetero) is 1. The van der Waals surface area contributed by atoms with E-state index < -0.39 is 5.41 Å². The van der Waals surface area contributed by atoms with E-state index in [0.29, 0.717) is 23.7 Å². The minimum atomic E-state index is -0.463. The van der Waals surface area contributed by atoms with Gasteiger partial charge >= 0.3 is 5.97 Å². The summed E-state index contributed by atoms with van der Waals surface area (Å²) in [6.45, 7) is 4.53. The smallest absolute Gasteiger partial charge is 0.302 e. The second-order valence-electron chi connectivity index (χ2n) is 10.5. The predicted molar refractivity (Wildman–Crippen MR) is 104 cm³/mol. The van der Waals surface area contributed by atoms with Gasteiger partial charge in [-0.2, -0.15) is 0 Å². The minimum absolute atomic E-state index is 0.0791.